The second-order valence-corrected chi connectivity index (χ2v) is 10.5. The summed E-state index contributed by atoms with van der Waals surface area (Å²) in [5.41, 5.74) is 1.10. The summed E-state index contributed by atoms with van der Waals surface area (Å²) >= 11 is 0. The molecule has 0 saturated heterocycles. The quantitative estimate of drug-likeness (QED) is 0.384. The molecule has 33 heavy (non-hydrogen) atoms. The van der Waals surface area contributed by atoms with Gasteiger partial charge in [-0.1, -0.05) is 69.9 Å². The van der Waals surface area contributed by atoms with Crippen molar-refractivity contribution in [3.8, 4) is 0 Å². The van der Waals surface area contributed by atoms with Gasteiger partial charge >= 0.3 is 0 Å². The second kappa shape index (κ2) is 10.9. The number of benzene rings is 2. The van der Waals surface area contributed by atoms with Gasteiger partial charge in [0.05, 0.1) is 5.56 Å². The molecule has 2 saturated carbocycles. The predicted octanol–water partition coefficient (Wildman–Crippen LogP) is 8.83. The highest BCUT2D eigenvalue weighted by Gasteiger charge is 2.32. The minimum absolute atomic E-state index is 0.192. The Kier molecular flexibility index (Phi) is 7.98. The van der Waals surface area contributed by atoms with Gasteiger partial charge in [0, 0.05) is 5.92 Å². The lowest BCUT2D eigenvalue weighted by Gasteiger charge is -2.38. The van der Waals surface area contributed by atoms with Crippen molar-refractivity contribution in [3.05, 3.63) is 70.8 Å². The molecule has 2 aromatic carbocycles. The molecule has 178 valence electrons. The summed E-state index contributed by atoms with van der Waals surface area (Å²) in [6.07, 6.45) is 12.4. The van der Waals surface area contributed by atoms with E-state index >= 15 is 0 Å². The molecule has 2 fully saturated rings. The van der Waals surface area contributed by atoms with E-state index in [1.807, 2.05) is 30.3 Å². The van der Waals surface area contributed by atoms with E-state index in [1.54, 1.807) is 6.92 Å². The van der Waals surface area contributed by atoms with Gasteiger partial charge in [-0.25, -0.2) is 8.78 Å². The van der Waals surface area contributed by atoms with Crippen molar-refractivity contribution in [2.75, 3.05) is 0 Å². The summed E-state index contributed by atoms with van der Waals surface area (Å²) in [7, 11) is 0. The number of ketones is 1. The zero-order valence-electron chi connectivity index (χ0n) is 20.2. The van der Waals surface area contributed by atoms with Crippen LogP contribution < -0.4 is 0 Å². The molecular weight excluding hydrogens is 414 g/mol. The van der Waals surface area contributed by atoms with Crippen LogP contribution in [0.2, 0.25) is 0 Å². The van der Waals surface area contributed by atoms with E-state index < -0.39 is 28.9 Å². The molecule has 1 nitrogen and oxygen atoms in total. The van der Waals surface area contributed by atoms with Crippen molar-refractivity contribution in [2.45, 2.75) is 89.9 Å². The largest absolute Gasteiger partial charge is 0.293 e. The van der Waals surface area contributed by atoms with E-state index in [0.717, 1.165) is 54.6 Å². The number of rotatable bonds is 7. The van der Waals surface area contributed by atoms with Crippen LogP contribution in [0.4, 0.5) is 8.78 Å². The third kappa shape index (κ3) is 5.55. The molecule has 0 radical (unpaired) electrons. The van der Waals surface area contributed by atoms with Crippen molar-refractivity contribution < 1.29 is 13.6 Å². The van der Waals surface area contributed by atoms with E-state index in [1.165, 1.54) is 50.7 Å². The molecule has 0 heterocycles. The Bertz CT molecular complexity index is 899. The van der Waals surface area contributed by atoms with Gasteiger partial charge in [0.25, 0.3) is 0 Å². The van der Waals surface area contributed by atoms with Gasteiger partial charge in [0.15, 0.2) is 5.78 Å². The first-order valence-corrected chi connectivity index (χ1v) is 13.1. The van der Waals surface area contributed by atoms with Crippen molar-refractivity contribution in [2.24, 2.45) is 17.8 Å². The number of hydrogen-bond donors (Lipinski definition) is 0. The fourth-order valence-electron chi connectivity index (χ4n) is 6.45. The number of Topliss-reactive ketones (excluding diaryl/α,β-unsaturated/α-hetero) is 1. The number of carbonyl (C=O) groups excluding carboxylic acids is 1. The van der Waals surface area contributed by atoms with Crippen LogP contribution in [0.25, 0.3) is 0 Å². The molecule has 0 amide bonds. The molecule has 0 unspecified atom stereocenters. The molecular formula is C30H38F2O. The van der Waals surface area contributed by atoms with Crippen LogP contribution in [-0.4, -0.2) is 5.78 Å². The maximum atomic E-state index is 15.0. The maximum Gasteiger partial charge on any atom is 0.175 e. The predicted molar refractivity (Wildman–Crippen MR) is 131 cm³/mol. The Morgan fingerprint density at radius 1 is 0.879 bits per heavy atom. The Morgan fingerprint density at radius 2 is 1.42 bits per heavy atom. The van der Waals surface area contributed by atoms with Crippen molar-refractivity contribution >= 4 is 5.78 Å². The lowest BCUT2D eigenvalue weighted by Crippen LogP contribution is -2.25. The molecule has 4 rings (SSSR count). The first-order valence-electron chi connectivity index (χ1n) is 13.1. The molecule has 2 aliphatic rings. The van der Waals surface area contributed by atoms with Gasteiger partial charge < -0.3 is 0 Å². The third-order valence-corrected chi connectivity index (χ3v) is 8.50. The molecule has 2 aromatic rings. The summed E-state index contributed by atoms with van der Waals surface area (Å²) in [5.74, 6) is 0.229. The lowest BCUT2D eigenvalue weighted by molar-refractivity contribution is 0.0957. The second-order valence-electron chi connectivity index (χ2n) is 10.5. The molecule has 0 aliphatic heterocycles. The first-order chi connectivity index (χ1) is 16.0. The van der Waals surface area contributed by atoms with Crippen LogP contribution in [0.5, 0.6) is 0 Å². The van der Waals surface area contributed by atoms with Gasteiger partial charge in [-0.3, -0.25) is 4.79 Å². The standard InChI is InChI=1S/C30H38F2O/c1-3-7-21-10-12-23(13-11-21)24-14-16-25(17-15-24)26-18-27(31)29(28(32)19-26)30(33)20(2)22-8-5-4-6-9-22/h4-6,8-9,18-21,23-25H,3,7,10-17H2,1-2H3/t20-,21?,23?,24?,25?/m1/s1. The van der Waals surface area contributed by atoms with Crippen LogP contribution in [0, 0.1) is 29.4 Å². The van der Waals surface area contributed by atoms with Crippen LogP contribution in [0.1, 0.15) is 111 Å². The van der Waals surface area contributed by atoms with E-state index in [-0.39, 0.29) is 5.92 Å². The topological polar surface area (TPSA) is 17.1 Å². The lowest BCUT2D eigenvalue weighted by atomic mass is 9.68. The van der Waals surface area contributed by atoms with E-state index in [9.17, 15) is 13.6 Å². The average Bonchev–Trinajstić information content (AvgIpc) is 2.84. The maximum absolute atomic E-state index is 15.0. The Hall–Kier alpha value is -2.03. The fourth-order valence-corrected chi connectivity index (χ4v) is 6.45. The Labute approximate surface area is 198 Å². The monoisotopic (exact) mass is 452 g/mol. The van der Waals surface area contributed by atoms with Gasteiger partial charge in [-0.15, -0.1) is 0 Å². The highest BCUT2D eigenvalue weighted by molar-refractivity contribution is 6.01. The highest BCUT2D eigenvalue weighted by atomic mass is 19.1. The van der Waals surface area contributed by atoms with Crippen molar-refractivity contribution in [1.29, 1.82) is 0 Å². The van der Waals surface area contributed by atoms with E-state index in [4.69, 9.17) is 0 Å². The van der Waals surface area contributed by atoms with Gasteiger partial charge in [-0.2, -0.15) is 0 Å². The third-order valence-electron chi connectivity index (χ3n) is 8.50. The van der Waals surface area contributed by atoms with Crippen LogP contribution >= 0.6 is 0 Å². The highest BCUT2D eigenvalue weighted by Crippen LogP contribution is 2.44. The molecule has 0 N–H and O–H groups in total. The Morgan fingerprint density at radius 3 is 1.97 bits per heavy atom. The average molecular weight is 453 g/mol. The SMILES string of the molecule is CCCC1CCC(C2CCC(c3cc(F)c(C(=O)[C@H](C)c4ccccc4)c(F)c3)CC2)CC1. The Balaban J connectivity index is 1.38. The van der Waals surface area contributed by atoms with Crippen molar-refractivity contribution in [1.82, 2.24) is 0 Å². The first kappa shape index (κ1) is 24.1. The van der Waals surface area contributed by atoms with Crippen LogP contribution in [0.3, 0.4) is 0 Å². The van der Waals surface area contributed by atoms with Gasteiger partial charge in [0.2, 0.25) is 0 Å². The summed E-state index contributed by atoms with van der Waals surface area (Å²) in [5, 5.41) is 0. The summed E-state index contributed by atoms with van der Waals surface area (Å²) in [6, 6.07) is 12.0. The van der Waals surface area contributed by atoms with Crippen LogP contribution in [0.15, 0.2) is 42.5 Å². The molecule has 1 atom stereocenters. The molecule has 3 heteroatoms. The zero-order valence-corrected chi connectivity index (χ0v) is 20.2. The number of halogens is 2. The molecule has 0 spiro atoms. The number of carbonyl (C=O) groups is 1. The fraction of sp³-hybridized carbons (Fsp3) is 0.567. The van der Waals surface area contributed by atoms with Crippen molar-refractivity contribution in [3.63, 3.8) is 0 Å². The smallest absolute Gasteiger partial charge is 0.175 e. The molecule has 2 aliphatic carbocycles. The summed E-state index contributed by atoms with van der Waals surface area (Å²) in [6.45, 7) is 3.99. The van der Waals surface area contributed by atoms with E-state index in [2.05, 4.69) is 6.92 Å². The minimum Gasteiger partial charge on any atom is -0.293 e. The normalized spacial score (nSPS) is 26.7. The van der Waals surface area contributed by atoms with Gasteiger partial charge in [-0.05, 0) is 85.5 Å². The van der Waals surface area contributed by atoms with Gasteiger partial charge in [0.1, 0.15) is 11.6 Å². The van der Waals surface area contributed by atoms with E-state index in [0.29, 0.717) is 0 Å². The zero-order chi connectivity index (χ0) is 23.4. The molecule has 0 aromatic heterocycles. The van der Waals surface area contributed by atoms with Crippen LogP contribution in [-0.2, 0) is 0 Å². The number of hydrogen-bond acceptors (Lipinski definition) is 1. The summed E-state index contributed by atoms with van der Waals surface area (Å²) < 4.78 is 30.0. The minimum atomic E-state index is -0.714. The molecule has 0 bridgehead atoms. The summed E-state index contributed by atoms with van der Waals surface area (Å²) in [4.78, 5) is 12.9.